The van der Waals surface area contributed by atoms with E-state index in [-0.39, 0.29) is 17.2 Å². The summed E-state index contributed by atoms with van der Waals surface area (Å²) >= 11 is 6.27. The number of hydrogen-bond acceptors (Lipinski definition) is 5. The first-order chi connectivity index (χ1) is 8.00. The fourth-order valence-corrected chi connectivity index (χ4v) is 2.54. The zero-order valence-electron chi connectivity index (χ0n) is 8.54. The van der Waals surface area contributed by atoms with Crippen molar-refractivity contribution in [1.29, 1.82) is 0 Å². The third-order valence-corrected chi connectivity index (χ3v) is 3.63. The molecule has 1 amide bonds. The van der Waals surface area contributed by atoms with E-state index in [9.17, 15) is 9.59 Å². The van der Waals surface area contributed by atoms with Gasteiger partial charge in [0.15, 0.2) is 0 Å². The molecule has 0 saturated carbocycles. The van der Waals surface area contributed by atoms with Gasteiger partial charge in [0.05, 0.1) is 22.7 Å². The van der Waals surface area contributed by atoms with Gasteiger partial charge >= 0.3 is 5.97 Å². The van der Waals surface area contributed by atoms with Crippen LogP contribution in [0.1, 0.15) is 10.4 Å². The van der Waals surface area contributed by atoms with Crippen LogP contribution in [0, 0.1) is 0 Å². The maximum Gasteiger partial charge on any atom is 0.335 e. The molecule has 1 aliphatic heterocycles. The quantitative estimate of drug-likeness (QED) is 0.622. The Hall–Kier alpha value is -1.60. The van der Waals surface area contributed by atoms with Crippen LogP contribution >= 0.6 is 24.0 Å². The summed E-state index contributed by atoms with van der Waals surface area (Å²) < 4.78 is 0.393. The SMILES string of the molecule is Nc1ccc(C(=O)O)cc1N1C(=O)CSC1=S. The zero-order valence-corrected chi connectivity index (χ0v) is 10.2. The second-order valence-corrected chi connectivity index (χ2v) is 4.97. The highest BCUT2D eigenvalue weighted by Gasteiger charge is 2.29. The lowest BCUT2D eigenvalue weighted by molar-refractivity contribution is -0.115. The van der Waals surface area contributed by atoms with Crippen molar-refractivity contribution in [2.45, 2.75) is 0 Å². The number of carbonyl (C=O) groups is 2. The first-order valence-corrected chi connectivity index (χ1v) is 6.02. The van der Waals surface area contributed by atoms with Crippen molar-refractivity contribution in [2.24, 2.45) is 0 Å². The van der Waals surface area contributed by atoms with Crippen LogP contribution in [-0.4, -0.2) is 27.1 Å². The van der Waals surface area contributed by atoms with Crippen molar-refractivity contribution in [3.63, 3.8) is 0 Å². The van der Waals surface area contributed by atoms with Gasteiger partial charge in [-0.3, -0.25) is 9.69 Å². The number of rotatable bonds is 2. The number of anilines is 2. The van der Waals surface area contributed by atoms with E-state index in [4.69, 9.17) is 23.1 Å². The van der Waals surface area contributed by atoms with Crippen LogP contribution in [0.15, 0.2) is 18.2 Å². The van der Waals surface area contributed by atoms with E-state index in [2.05, 4.69) is 0 Å². The van der Waals surface area contributed by atoms with Crippen LogP contribution in [-0.2, 0) is 4.79 Å². The molecule has 1 saturated heterocycles. The standard InChI is InChI=1S/C10H8N2O3S2/c11-6-2-1-5(9(14)15)3-7(6)12-8(13)4-17-10(12)16/h1-3H,4,11H2,(H,14,15). The molecule has 1 aromatic carbocycles. The summed E-state index contributed by atoms with van der Waals surface area (Å²) in [6, 6.07) is 4.20. The van der Waals surface area contributed by atoms with Gasteiger partial charge in [0.2, 0.25) is 5.91 Å². The summed E-state index contributed by atoms with van der Waals surface area (Å²) in [7, 11) is 0. The number of carbonyl (C=O) groups excluding carboxylic acids is 1. The van der Waals surface area contributed by atoms with Gasteiger partial charge in [0.25, 0.3) is 0 Å². The molecule has 5 nitrogen and oxygen atoms in total. The first-order valence-electron chi connectivity index (χ1n) is 4.63. The molecule has 1 heterocycles. The van der Waals surface area contributed by atoms with Crippen LogP contribution < -0.4 is 10.6 Å². The number of nitrogen functional groups attached to an aromatic ring is 1. The van der Waals surface area contributed by atoms with Crippen LogP contribution in [0.2, 0.25) is 0 Å². The Balaban J connectivity index is 2.50. The van der Waals surface area contributed by atoms with Crippen LogP contribution in [0.25, 0.3) is 0 Å². The number of thiocarbonyl (C=S) groups is 1. The number of hydrogen-bond donors (Lipinski definition) is 2. The number of benzene rings is 1. The number of nitrogens with two attached hydrogens (primary N) is 1. The molecule has 1 fully saturated rings. The zero-order chi connectivity index (χ0) is 12.6. The maximum absolute atomic E-state index is 11.6. The number of amides is 1. The number of carboxylic acids is 1. The molecule has 0 unspecified atom stereocenters. The largest absolute Gasteiger partial charge is 0.478 e. The average Bonchev–Trinajstić information content (AvgIpc) is 2.59. The second kappa shape index (κ2) is 4.34. The van der Waals surface area contributed by atoms with Gasteiger partial charge in [-0.2, -0.15) is 0 Å². The predicted octanol–water partition coefficient (Wildman–Crippen LogP) is 1.33. The summed E-state index contributed by atoms with van der Waals surface area (Å²) in [5.74, 6) is -0.999. The Morgan fingerprint density at radius 1 is 1.53 bits per heavy atom. The minimum absolute atomic E-state index is 0.0710. The second-order valence-electron chi connectivity index (χ2n) is 3.36. The first kappa shape index (κ1) is 11.9. The lowest BCUT2D eigenvalue weighted by Crippen LogP contribution is -2.29. The minimum Gasteiger partial charge on any atom is -0.478 e. The van der Waals surface area contributed by atoms with Crippen LogP contribution in [0.4, 0.5) is 11.4 Å². The van der Waals surface area contributed by atoms with Crippen molar-refractivity contribution in [3.05, 3.63) is 23.8 Å². The molecule has 88 valence electrons. The summed E-state index contributed by atoms with van der Waals surface area (Å²) in [6.07, 6.45) is 0. The molecule has 0 radical (unpaired) electrons. The van der Waals surface area contributed by atoms with Crippen LogP contribution in [0.3, 0.4) is 0 Å². The highest BCUT2D eigenvalue weighted by molar-refractivity contribution is 8.24. The monoisotopic (exact) mass is 268 g/mol. The number of carboxylic acid groups (broad SMARTS) is 1. The normalized spacial score (nSPS) is 15.4. The number of thioether (sulfide) groups is 1. The molecule has 1 aliphatic rings. The fraction of sp³-hybridized carbons (Fsp3) is 0.100. The van der Waals surface area contributed by atoms with Crippen molar-refractivity contribution >= 4 is 51.6 Å². The summed E-state index contributed by atoms with van der Waals surface area (Å²) in [5.41, 5.74) is 6.47. The average molecular weight is 268 g/mol. The molecule has 0 aliphatic carbocycles. The van der Waals surface area contributed by atoms with Crippen molar-refractivity contribution in [3.8, 4) is 0 Å². The highest BCUT2D eigenvalue weighted by atomic mass is 32.2. The maximum atomic E-state index is 11.6. The molecule has 2 rings (SSSR count). The fourth-order valence-electron chi connectivity index (χ4n) is 1.46. The summed E-state index contributed by atoms with van der Waals surface area (Å²) in [4.78, 5) is 23.8. The van der Waals surface area contributed by atoms with E-state index in [1.54, 1.807) is 0 Å². The minimum atomic E-state index is -1.07. The Kier molecular flexibility index (Phi) is 3.03. The van der Waals surface area contributed by atoms with Gasteiger partial charge in [0, 0.05) is 0 Å². The molecule has 0 spiro atoms. The van der Waals surface area contributed by atoms with E-state index >= 15 is 0 Å². The number of nitrogens with zero attached hydrogens (tertiary/aromatic N) is 1. The molecule has 0 bridgehead atoms. The highest BCUT2D eigenvalue weighted by Crippen LogP contribution is 2.31. The van der Waals surface area contributed by atoms with Crippen molar-refractivity contribution in [2.75, 3.05) is 16.4 Å². The third-order valence-electron chi connectivity index (χ3n) is 2.27. The smallest absolute Gasteiger partial charge is 0.335 e. The molecule has 3 N–H and O–H groups in total. The lowest BCUT2D eigenvalue weighted by Gasteiger charge is -2.17. The van der Waals surface area contributed by atoms with Gasteiger partial charge in [-0.05, 0) is 18.2 Å². The van der Waals surface area contributed by atoms with E-state index in [0.717, 1.165) is 0 Å². The Morgan fingerprint density at radius 2 is 2.24 bits per heavy atom. The Labute approximate surface area is 107 Å². The number of aromatic carboxylic acids is 1. The Morgan fingerprint density at radius 3 is 2.76 bits per heavy atom. The van der Waals surface area contributed by atoms with Gasteiger partial charge < -0.3 is 10.8 Å². The molecule has 7 heteroatoms. The van der Waals surface area contributed by atoms with Gasteiger partial charge in [-0.1, -0.05) is 24.0 Å². The molecular formula is C10H8N2O3S2. The van der Waals surface area contributed by atoms with Gasteiger partial charge in [-0.15, -0.1) is 0 Å². The van der Waals surface area contributed by atoms with E-state index in [0.29, 0.717) is 15.7 Å². The summed E-state index contributed by atoms with van der Waals surface area (Å²) in [6.45, 7) is 0. The third kappa shape index (κ3) is 2.11. The van der Waals surface area contributed by atoms with E-state index in [1.165, 1.54) is 34.9 Å². The van der Waals surface area contributed by atoms with Crippen molar-refractivity contribution < 1.29 is 14.7 Å². The lowest BCUT2D eigenvalue weighted by atomic mass is 10.1. The molecule has 1 aromatic rings. The van der Waals surface area contributed by atoms with E-state index in [1.807, 2.05) is 0 Å². The van der Waals surface area contributed by atoms with Crippen molar-refractivity contribution in [1.82, 2.24) is 0 Å². The molecule has 17 heavy (non-hydrogen) atoms. The van der Waals surface area contributed by atoms with Crippen LogP contribution in [0.5, 0.6) is 0 Å². The molecular weight excluding hydrogens is 260 g/mol. The Bertz CT molecular complexity index is 514. The molecule has 0 atom stereocenters. The van der Waals surface area contributed by atoms with Gasteiger partial charge in [-0.25, -0.2) is 4.79 Å². The van der Waals surface area contributed by atoms with Gasteiger partial charge in [0.1, 0.15) is 4.32 Å². The van der Waals surface area contributed by atoms with E-state index < -0.39 is 5.97 Å². The molecule has 0 aromatic heterocycles. The predicted molar refractivity (Wildman–Crippen MR) is 70.4 cm³/mol. The summed E-state index contributed by atoms with van der Waals surface area (Å²) in [5, 5.41) is 8.89. The topological polar surface area (TPSA) is 83.6 Å².